The first-order chi connectivity index (χ1) is 15.2. The summed E-state index contributed by atoms with van der Waals surface area (Å²) < 4.78 is 25.2. The molecular formula is C24H37NO7. The minimum Gasteiger partial charge on any atom is -0.392 e. The predicted molar refractivity (Wildman–Crippen MR) is 112 cm³/mol. The van der Waals surface area contributed by atoms with Crippen molar-refractivity contribution in [3.05, 3.63) is 0 Å². The molecule has 32 heavy (non-hydrogen) atoms. The molecule has 5 saturated carbocycles. The Kier molecular flexibility index (Phi) is 3.87. The minimum absolute atomic E-state index is 0.0582. The third kappa shape index (κ3) is 1.68. The lowest BCUT2D eigenvalue weighted by Crippen LogP contribution is -2.85. The first kappa shape index (κ1) is 21.0. The largest absolute Gasteiger partial charge is 0.392 e. The van der Waals surface area contributed by atoms with Gasteiger partial charge in [-0.25, -0.2) is 0 Å². The monoisotopic (exact) mass is 451 g/mol. The number of aliphatic hydroxyl groups is 3. The van der Waals surface area contributed by atoms with Crippen molar-refractivity contribution in [2.75, 3.05) is 34.1 Å². The van der Waals surface area contributed by atoms with Gasteiger partial charge in [-0.05, 0) is 31.2 Å². The highest BCUT2D eigenvalue weighted by molar-refractivity contribution is 5.46. The van der Waals surface area contributed by atoms with Crippen molar-refractivity contribution in [1.29, 1.82) is 0 Å². The van der Waals surface area contributed by atoms with Crippen molar-refractivity contribution in [3.8, 4) is 0 Å². The number of hydrogen-bond donors (Lipinski definition) is 3. The van der Waals surface area contributed by atoms with E-state index in [2.05, 4.69) is 18.7 Å². The fraction of sp³-hybridized carbons (Fsp3) is 1.00. The maximum atomic E-state index is 13.0. The molecule has 5 aliphatic carbocycles. The zero-order valence-electron chi connectivity index (χ0n) is 19.5. The van der Waals surface area contributed by atoms with E-state index >= 15 is 0 Å². The van der Waals surface area contributed by atoms with Gasteiger partial charge in [0.2, 0.25) is 0 Å². The molecule has 0 radical (unpaired) electrons. The van der Waals surface area contributed by atoms with Crippen molar-refractivity contribution in [3.63, 3.8) is 0 Å². The lowest BCUT2D eigenvalue weighted by atomic mass is 9.41. The molecule has 7 rings (SSSR count). The van der Waals surface area contributed by atoms with Crippen LogP contribution in [0.4, 0.5) is 0 Å². The van der Waals surface area contributed by atoms with Crippen molar-refractivity contribution < 1.29 is 34.3 Å². The Morgan fingerprint density at radius 2 is 1.88 bits per heavy atom. The molecule has 2 saturated heterocycles. The van der Waals surface area contributed by atoms with E-state index in [9.17, 15) is 15.3 Å². The van der Waals surface area contributed by atoms with Gasteiger partial charge >= 0.3 is 0 Å². The molecule has 7 fully saturated rings. The van der Waals surface area contributed by atoms with Crippen LogP contribution in [0.2, 0.25) is 0 Å². The van der Waals surface area contributed by atoms with Crippen LogP contribution in [0.25, 0.3) is 0 Å². The fourth-order valence-corrected chi connectivity index (χ4v) is 11.2. The van der Waals surface area contributed by atoms with Crippen LogP contribution in [0, 0.1) is 28.6 Å². The van der Waals surface area contributed by atoms with Gasteiger partial charge in [-0.3, -0.25) is 4.90 Å². The van der Waals surface area contributed by atoms with Crippen LogP contribution < -0.4 is 0 Å². The van der Waals surface area contributed by atoms with Gasteiger partial charge in [0.05, 0.1) is 41.5 Å². The molecule has 0 aromatic carbocycles. The second-order valence-electron chi connectivity index (χ2n) is 12.1. The summed E-state index contributed by atoms with van der Waals surface area (Å²) in [5.74, 6) is -0.904. The van der Waals surface area contributed by atoms with Gasteiger partial charge in [0, 0.05) is 44.9 Å². The maximum absolute atomic E-state index is 13.0. The Hall–Kier alpha value is -0.320. The minimum atomic E-state index is -1.25. The summed E-state index contributed by atoms with van der Waals surface area (Å²) in [4.78, 5) is 2.43. The zero-order valence-corrected chi connectivity index (χ0v) is 19.5. The summed E-state index contributed by atoms with van der Waals surface area (Å²) >= 11 is 0. The first-order valence-electron chi connectivity index (χ1n) is 12.4. The first-order valence-corrected chi connectivity index (χ1v) is 12.4. The van der Waals surface area contributed by atoms with Crippen molar-refractivity contribution in [2.45, 2.75) is 86.8 Å². The number of ether oxygens (including phenoxy) is 4. The summed E-state index contributed by atoms with van der Waals surface area (Å²) in [5.41, 5.74) is -4.21. The molecule has 180 valence electrons. The predicted octanol–water partition coefficient (Wildman–Crippen LogP) is 0.125. The topological polar surface area (TPSA) is 101 Å². The molecule has 13 atom stereocenters. The lowest BCUT2D eigenvalue weighted by molar-refractivity contribution is -0.331. The molecule has 0 aromatic heterocycles. The lowest BCUT2D eigenvalue weighted by Gasteiger charge is -2.71. The second-order valence-corrected chi connectivity index (χ2v) is 12.1. The highest BCUT2D eigenvalue weighted by Crippen LogP contribution is 2.83. The van der Waals surface area contributed by atoms with Gasteiger partial charge < -0.3 is 34.3 Å². The fourth-order valence-electron chi connectivity index (χ4n) is 11.2. The average Bonchev–Trinajstić information content (AvgIpc) is 3.29. The summed E-state index contributed by atoms with van der Waals surface area (Å²) in [6, 6.07) is -0.247. The third-order valence-electron chi connectivity index (χ3n) is 11.7. The van der Waals surface area contributed by atoms with E-state index in [4.69, 9.17) is 18.9 Å². The SMILES string of the molecule is CCN1C[C@]2(C)CC[C@H](OC)[C@]34C2C(O)[C@]2(OCO[C@@]25C[C@H](OC)[C@H]2C[C@]3(O)C5C2O)C14. The molecule has 8 heteroatoms. The van der Waals surface area contributed by atoms with Gasteiger partial charge in [-0.15, -0.1) is 0 Å². The molecule has 7 bridgehead atoms. The molecule has 0 aromatic rings. The van der Waals surface area contributed by atoms with Crippen LogP contribution in [0.5, 0.6) is 0 Å². The molecule has 0 amide bonds. The van der Waals surface area contributed by atoms with E-state index in [-0.39, 0.29) is 42.3 Å². The van der Waals surface area contributed by atoms with Crippen molar-refractivity contribution >= 4 is 0 Å². The van der Waals surface area contributed by atoms with Crippen LogP contribution in [0.3, 0.4) is 0 Å². The molecule has 3 N–H and O–H groups in total. The van der Waals surface area contributed by atoms with Crippen LogP contribution in [-0.4, -0.2) is 102 Å². The summed E-state index contributed by atoms with van der Waals surface area (Å²) in [7, 11) is 3.40. The molecular weight excluding hydrogens is 414 g/mol. The van der Waals surface area contributed by atoms with Gasteiger partial charge in [0.25, 0.3) is 0 Å². The van der Waals surface area contributed by atoms with E-state index in [0.717, 1.165) is 25.9 Å². The number of piperidine rings is 1. The zero-order chi connectivity index (χ0) is 22.5. The Morgan fingerprint density at radius 1 is 1.09 bits per heavy atom. The normalized spacial score (nSPS) is 66.5. The van der Waals surface area contributed by atoms with E-state index in [1.165, 1.54) is 0 Å². The molecule has 3 spiro atoms. The van der Waals surface area contributed by atoms with Crippen LogP contribution in [-0.2, 0) is 18.9 Å². The molecule has 2 aliphatic heterocycles. The average molecular weight is 452 g/mol. The number of aliphatic hydroxyl groups excluding tert-OH is 2. The number of likely N-dealkylation sites (tertiary alicyclic amines) is 1. The highest BCUT2D eigenvalue weighted by atomic mass is 16.7. The number of nitrogens with zero attached hydrogens (tertiary/aromatic N) is 1. The van der Waals surface area contributed by atoms with Gasteiger partial charge in [0.15, 0.2) is 0 Å². The third-order valence-corrected chi connectivity index (χ3v) is 11.7. The van der Waals surface area contributed by atoms with E-state index in [1.807, 2.05) is 0 Å². The molecule has 2 heterocycles. The quantitative estimate of drug-likeness (QED) is 0.557. The van der Waals surface area contributed by atoms with Gasteiger partial charge in [-0.2, -0.15) is 0 Å². The molecule has 7 aliphatic rings. The maximum Gasteiger partial charge on any atom is 0.148 e. The Labute approximate surface area is 189 Å². The van der Waals surface area contributed by atoms with Gasteiger partial charge in [0.1, 0.15) is 18.0 Å². The number of fused-ring (bicyclic) bond motifs is 1. The number of rotatable bonds is 3. The summed E-state index contributed by atoms with van der Waals surface area (Å²) in [5, 5.41) is 37.0. The second kappa shape index (κ2) is 5.90. The standard InChI is InChI=1S/C24H37NO7/c1-5-25-10-20(2)7-6-14(30-4)23-17(20)18(27)24(19(23)25)22(31-11-32-24)9-13(29-3)12-8-21(23,28)16(22)15(12)26/h12-19,26-28H,5-11H2,1-4H3/t12-,13+,14+,15?,16?,17?,18?,19?,20+,21+,22-,23-,24+/m1/s1. The van der Waals surface area contributed by atoms with E-state index in [1.54, 1.807) is 14.2 Å². The number of likely N-dealkylation sites (N-methyl/N-ethyl adjacent to an activating group) is 1. The highest BCUT2D eigenvalue weighted by Gasteiger charge is 2.96. The Morgan fingerprint density at radius 3 is 2.56 bits per heavy atom. The van der Waals surface area contributed by atoms with Crippen molar-refractivity contribution in [1.82, 2.24) is 4.90 Å². The number of hydrogen-bond acceptors (Lipinski definition) is 8. The van der Waals surface area contributed by atoms with Crippen LogP contribution in [0.1, 0.15) is 39.5 Å². The van der Waals surface area contributed by atoms with Gasteiger partial charge in [-0.1, -0.05) is 13.8 Å². The van der Waals surface area contributed by atoms with Crippen LogP contribution in [0.15, 0.2) is 0 Å². The molecule has 5 unspecified atom stereocenters. The Bertz CT molecular complexity index is 858. The molecule has 8 nitrogen and oxygen atoms in total. The van der Waals surface area contributed by atoms with E-state index < -0.39 is 40.3 Å². The van der Waals surface area contributed by atoms with Crippen molar-refractivity contribution in [2.24, 2.45) is 28.6 Å². The summed E-state index contributed by atoms with van der Waals surface area (Å²) in [6.07, 6.45) is 0.630. The van der Waals surface area contributed by atoms with Crippen LogP contribution >= 0.6 is 0 Å². The smallest absolute Gasteiger partial charge is 0.148 e. The van der Waals surface area contributed by atoms with E-state index in [0.29, 0.717) is 12.8 Å². The number of methoxy groups -OCH3 is 2. The summed E-state index contributed by atoms with van der Waals surface area (Å²) in [6.45, 7) is 6.13. The Balaban J connectivity index is 1.60.